The van der Waals surface area contributed by atoms with Crippen molar-refractivity contribution < 1.29 is 5.11 Å². The summed E-state index contributed by atoms with van der Waals surface area (Å²) in [5.74, 6) is 0.0800. The Labute approximate surface area is 131 Å². The first-order chi connectivity index (χ1) is 10.6. The van der Waals surface area contributed by atoms with E-state index in [0.717, 1.165) is 5.52 Å². The van der Waals surface area contributed by atoms with Gasteiger partial charge in [0.15, 0.2) is 0 Å². The molecule has 22 heavy (non-hydrogen) atoms. The average molecular weight is 316 g/mol. The molecule has 1 aromatic carbocycles. The van der Waals surface area contributed by atoms with Gasteiger partial charge in [-0.1, -0.05) is 12.1 Å². The fourth-order valence-electron chi connectivity index (χ4n) is 2.78. The first kappa shape index (κ1) is 14.6. The van der Waals surface area contributed by atoms with E-state index in [1.54, 1.807) is 11.5 Å². The molecule has 0 saturated carbocycles. The fourth-order valence-corrected chi connectivity index (χ4v) is 2.88. The van der Waals surface area contributed by atoms with Crippen molar-refractivity contribution in [2.45, 2.75) is 19.6 Å². The smallest absolute Gasteiger partial charge is 0.257 e. The number of aliphatic hydroxyl groups is 1. The molecule has 1 N–H and O–H groups in total. The van der Waals surface area contributed by atoms with Gasteiger partial charge in [-0.3, -0.25) is 9.20 Å². The van der Waals surface area contributed by atoms with E-state index in [9.17, 15) is 15.2 Å². The van der Waals surface area contributed by atoms with E-state index >= 15 is 0 Å². The van der Waals surface area contributed by atoms with Crippen LogP contribution >= 0.6 is 11.6 Å². The molecule has 0 saturated heterocycles. The van der Waals surface area contributed by atoms with Gasteiger partial charge >= 0.3 is 0 Å². The molecule has 3 rings (SSSR count). The molecule has 1 atom stereocenters. The Morgan fingerprint density at radius 3 is 2.68 bits per heavy atom. The normalized spacial score (nSPS) is 12.6. The van der Waals surface area contributed by atoms with Crippen LogP contribution in [0.1, 0.15) is 11.1 Å². The number of aromatic nitrogens is 2. The molecule has 0 aliphatic heterocycles. The van der Waals surface area contributed by atoms with E-state index in [2.05, 4.69) is 6.07 Å². The number of pyridine rings is 1. The number of benzene rings is 1. The molecule has 0 amide bonds. The molecular weight excluding hydrogens is 302 g/mol. The van der Waals surface area contributed by atoms with Crippen LogP contribution in [0.5, 0.6) is 0 Å². The number of nitriles is 1. The maximum absolute atomic E-state index is 12.4. The number of rotatable bonds is 3. The lowest BCUT2D eigenvalue weighted by molar-refractivity contribution is 0.179. The second-order valence-corrected chi connectivity index (χ2v) is 5.53. The van der Waals surface area contributed by atoms with E-state index in [1.807, 2.05) is 24.3 Å². The molecule has 0 spiro atoms. The molecular formula is C16H14ClN3O2. The minimum Gasteiger partial charge on any atom is -0.390 e. The highest BCUT2D eigenvalue weighted by molar-refractivity contribution is 6.18. The van der Waals surface area contributed by atoms with Crippen LogP contribution in [0.25, 0.3) is 16.7 Å². The van der Waals surface area contributed by atoms with Crippen LogP contribution in [0.2, 0.25) is 0 Å². The van der Waals surface area contributed by atoms with Gasteiger partial charge in [0.2, 0.25) is 0 Å². The first-order valence-electron chi connectivity index (χ1n) is 6.86. The summed E-state index contributed by atoms with van der Waals surface area (Å²) in [7, 11) is 0. The molecule has 0 radical (unpaired) electrons. The molecule has 2 aromatic heterocycles. The molecule has 0 fully saturated rings. The third kappa shape index (κ3) is 2.08. The van der Waals surface area contributed by atoms with Crippen molar-refractivity contribution >= 4 is 28.3 Å². The topological polar surface area (TPSA) is 70.4 Å². The highest BCUT2D eigenvalue weighted by Gasteiger charge is 2.18. The Kier molecular flexibility index (Phi) is 3.65. The third-order valence-electron chi connectivity index (χ3n) is 3.74. The van der Waals surface area contributed by atoms with Crippen LogP contribution in [0, 0.1) is 18.3 Å². The lowest BCUT2D eigenvalue weighted by Gasteiger charge is -2.11. The van der Waals surface area contributed by atoms with Gasteiger partial charge in [0.05, 0.1) is 35.1 Å². The summed E-state index contributed by atoms with van der Waals surface area (Å²) in [5, 5.41) is 19.4. The van der Waals surface area contributed by atoms with Crippen molar-refractivity contribution in [3.05, 3.63) is 51.8 Å². The zero-order chi connectivity index (χ0) is 15.9. The van der Waals surface area contributed by atoms with Crippen LogP contribution < -0.4 is 5.56 Å². The quantitative estimate of drug-likeness (QED) is 0.752. The third-order valence-corrected chi connectivity index (χ3v) is 4.10. The zero-order valence-electron chi connectivity index (χ0n) is 12.0. The van der Waals surface area contributed by atoms with Crippen LogP contribution in [-0.2, 0) is 6.54 Å². The average Bonchev–Trinajstić information content (AvgIpc) is 2.83. The van der Waals surface area contributed by atoms with Crippen molar-refractivity contribution in [3.8, 4) is 6.07 Å². The lowest BCUT2D eigenvalue weighted by atomic mass is 10.1. The summed E-state index contributed by atoms with van der Waals surface area (Å²) in [5.41, 5.74) is 2.85. The standard InChI is InChI=1S/C16H14ClN3O2/c1-10-6-15(22)20-14-5-3-2-4-13(14)19(9-11(21)7-17)16(20)12(10)8-18/h2-6,11,21H,7,9H2,1H3/t11-/m1/s1. The molecule has 5 nitrogen and oxygen atoms in total. The molecule has 0 unspecified atom stereocenters. The first-order valence-corrected chi connectivity index (χ1v) is 7.39. The maximum Gasteiger partial charge on any atom is 0.257 e. The summed E-state index contributed by atoms with van der Waals surface area (Å²) in [4.78, 5) is 12.4. The van der Waals surface area contributed by atoms with E-state index in [-0.39, 0.29) is 18.0 Å². The Balaban J connectivity index is 2.54. The van der Waals surface area contributed by atoms with Gasteiger partial charge in [-0.15, -0.1) is 11.6 Å². The largest absolute Gasteiger partial charge is 0.390 e. The summed E-state index contributed by atoms with van der Waals surface area (Å²) >= 11 is 5.71. The van der Waals surface area contributed by atoms with Gasteiger partial charge in [0.25, 0.3) is 5.56 Å². The van der Waals surface area contributed by atoms with Crippen LogP contribution in [0.15, 0.2) is 35.1 Å². The number of aryl methyl sites for hydroxylation is 1. The zero-order valence-corrected chi connectivity index (χ0v) is 12.7. The number of imidazole rings is 1. The van der Waals surface area contributed by atoms with E-state index in [4.69, 9.17) is 11.6 Å². The van der Waals surface area contributed by atoms with E-state index in [0.29, 0.717) is 22.3 Å². The molecule has 2 heterocycles. The highest BCUT2D eigenvalue weighted by atomic mass is 35.5. The van der Waals surface area contributed by atoms with Crippen molar-refractivity contribution in [1.82, 2.24) is 8.97 Å². The number of fused-ring (bicyclic) bond motifs is 3. The van der Waals surface area contributed by atoms with Crippen molar-refractivity contribution in [2.24, 2.45) is 0 Å². The van der Waals surface area contributed by atoms with Crippen LogP contribution in [0.4, 0.5) is 0 Å². The number of nitrogens with zero attached hydrogens (tertiary/aromatic N) is 3. The molecule has 0 bridgehead atoms. The molecule has 112 valence electrons. The molecule has 0 aliphatic carbocycles. The highest BCUT2D eigenvalue weighted by Crippen LogP contribution is 2.23. The number of hydrogen-bond donors (Lipinski definition) is 1. The second kappa shape index (κ2) is 5.48. The summed E-state index contributed by atoms with van der Waals surface area (Å²) < 4.78 is 3.30. The fraction of sp³-hybridized carbons (Fsp3) is 0.250. The molecule has 0 aliphatic rings. The van der Waals surface area contributed by atoms with Crippen LogP contribution in [-0.4, -0.2) is 26.1 Å². The van der Waals surface area contributed by atoms with Gasteiger partial charge in [0, 0.05) is 6.07 Å². The lowest BCUT2D eigenvalue weighted by Crippen LogP contribution is -2.20. The summed E-state index contributed by atoms with van der Waals surface area (Å²) in [6.45, 7) is 1.96. The Morgan fingerprint density at radius 1 is 1.36 bits per heavy atom. The van der Waals surface area contributed by atoms with Gasteiger partial charge in [0.1, 0.15) is 11.7 Å². The number of aliphatic hydroxyl groups excluding tert-OH is 1. The second-order valence-electron chi connectivity index (χ2n) is 5.22. The monoisotopic (exact) mass is 315 g/mol. The van der Waals surface area contributed by atoms with Crippen molar-refractivity contribution in [3.63, 3.8) is 0 Å². The van der Waals surface area contributed by atoms with Crippen LogP contribution in [0.3, 0.4) is 0 Å². The predicted molar refractivity (Wildman–Crippen MR) is 85.3 cm³/mol. The van der Waals surface area contributed by atoms with E-state index < -0.39 is 6.10 Å². The minimum absolute atomic E-state index is 0.0800. The van der Waals surface area contributed by atoms with Gasteiger partial charge in [-0.2, -0.15) is 5.26 Å². The Bertz CT molecular complexity index is 965. The Morgan fingerprint density at radius 2 is 2.05 bits per heavy atom. The van der Waals surface area contributed by atoms with Gasteiger partial charge < -0.3 is 9.67 Å². The minimum atomic E-state index is -0.761. The maximum atomic E-state index is 12.4. The molecule has 3 aromatic rings. The number of alkyl halides is 1. The number of hydrogen-bond acceptors (Lipinski definition) is 3. The molecule has 6 heteroatoms. The number of para-hydroxylation sites is 2. The predicted octanol–water partition coefficient (Wildman–Crippen LogP) is 2.03. The van der Waals surface area contributed by atoms with Gasteiger partial charge in [-0.25, -0.2) is 0 Å². The van der Waals surface area contributed by atoms with Gasteiger partial charge in [-0.05, 0) is 24.6 Å². The SMILES string of the molecule is Cc1cc(=O)n2c3ccccc3n(C[C@H](O)CCl)c2c1C#N. The summed E-state index contributed by atoms with van der Waals surface area (Å²) in [6, 6.07) is 11.0. The van der Waals surface area contributed by atoms with E-state index in [1.165, 1.54) is 10.5 Å². The summed E-state index contributed by atoms with van der Waals surface area (Å²) in [6.07, 6.45) is -0.761. The number of halogens is 1. The van der Waals surface area contributed by atoms with Crippen molar-refractivity contribution in [2.75, 3.05) is 5.88 Å². The Hall–Kier alpha value is -2.29. The van der Waals surface area contributed by atoms with Crippen molar-refractivity contribution in [1.29, 1.82) is 5.26 Å².